The van der Waals surface area contributed by atoms with Crippen molar-refractivity contribution in [1.29, 1.82) is 0 Å². The van der Waals surface area contributed by atoms with Crippen molar-refractivity contribution in [2.75, 3.05) is 0 Å². The van der Waals surface area contributed by atoms with Gasteiger partial charge < -0.3 is 9.72 Å². The minimum Gasteiger partial charge on any atom is -0.403 e. The number of esters is 1. The Balaban J connectivity index is 1.16. The lowest BCUT2D eigenvalue weighted by atomic mass is 9.67. The van der Waals surface area contributed by atoms with E-state index in [2.05, 4.69) is 91.9 Å². The zero-order chi connectivity index (χ0) is 29.3. The molecule has 6 rings (SSSR count). The molecule has 3 heterocycles. The highest BCUT2D eigenvalue weighted by Crippen LogP contribution is 2.43. The number of rotatable bonds is 7. The van der Waals surface area contributed by atoms with Crippen LogP contribution in [0.25, 0.3) is 33.5 Å². The maximum Gasteiger partial charge on any atom is 0.315 e. The van der Waals surface area contributed by atoms with E-state index in [0.29, 0.717) is 23.2 Å². The van der Waals surface area contributed by atoms with Gasteiger partial charge >= 0.3 is 5.97 Å². The molecule has 2 aromatic carbocycles. The molecule has 3 N–H and O–H groups in total. The first-order valence-electron chi connectivity index (χ1n) is 14.3. The predicted octanol–water partition coefficient (Wildman–Crippen LogP) is 5.11. The number of fused-ring (bicyclic) bond motifs is 1. The molecule has 1 aliphatic carbocycles. The minimum atomic E-state index is -0.430. The highest BCUT2D eigenvalue weighted by atomic mass is 16.5. The maximum atomic E-state index is 13.3. The number of hydrogen-bond donors (Lipinski definition) is 3. The van der Waals surface area contributed by atoms with Gasteiger partial charge in [-0.3, -0.25) is 9.59 Å². The number of nitrogens with one attached hydrogen (secondary N) is 3. The number of hydrogen-bond acceptors (Lipinski definition) is 8. The molecule has 0 amide bonds. The van der Waals surface area contributed by atoms with E-state index < -0.39 is 5.56 Å². The molecule has 0 aliphatic heterocycles. The summed E-state index contributed by atoms with van der Waals surface area (Å²) in [6.07, 6.45) is 5.79. The molecule has 11 heteroatoms. The second kappa shape index (κ2) is 11.3. The Morgan fingerprint density at radius 3 is 2.52 bits per heavy atom. The first-order chi connectivity index (χ1) is 20.2. The van der Waals surface area contributed by atoms with Crippen LogP contribution < -0.4 is 10.3 Å². The first-order valence-corrected chi connectivity index (χ1v) is 14.3. The first kappa shape index (κ1) is 27.5. The molecule has 1 saturated carbocycles. The van der Waals surface area contributed by atoms with Crippen LogP contribution in [0, 0.1) is 23.2 Å². The largest absolute Gasteiger partial charge is 0.403 e. The zero-order valence-electron chi connectivity index (χ0n) is 23.9. The summed E-state index contributed by atoms with van der Waals surface area (Å²) in [6.45, 7) is 6.75. The Hall–Kier alpha value is -4.67. The normalized spacial score (nSPS) is 19.2. The van der Waals surface area contributed by atoms with E-state index in [1.165, 1.54) is 11.9 Å². The summed E-state index contributed by atoms with van der Waals surface area (Å²) in [5, 5.41) is 20.9. The number of tetrazole rings is 1. The van der Waals surface area contributed by atoms with E-state index in [9.17, 15) is 9.59 Å². The van der Waals surface area contributed by atoms with E-state index in [1.54, 1.807) is 0 Å². The molecule has 3 atom stereocenters. The number of benzene rings is 2. The average Bonchev–Trinajstić information content (AvgIpc) is 3.69. The average molecular weight is 567 g/mol. The smallest absolute Gasteiger partial charge is 0.315 e. The van der Waals surface area contributed by atoms with Crippen LogP contribution in [-0.2, 0) is 11.2 Å². The molecular formula is C31H34N8O3. The van der Waals surface area contributed by atoms with E-state index in [4.69, 9.17) is 4.74 Å². The fourth-order valence-corrected chi connectivity index (χ4v) is 6.27. The van der Waals surface area contributed by atoms with Gasteiger partial charge in [-0.15, -0.1) is 15.3 Å². The van der Waals surface area contributed by atoms with E-state index in [1.807, 2.05) is 18.2 Å². The summed E-state index contributed by atoms with van der Waals surface area (Å²) in [7, 11) is 0. The Morgan fingerprint density at radius 1 is 1.00 bits per heavy atom. The molecule has 0 spiro atoms. The van der Waals surface area contributed by atoms with Gasteiger partial charge in [-0.05, 0) is 71.3 Å². The second-order valence-electron chi connectivity index (χ2n) is 12.4. The van der Waals surface area contributed by atoms with Crippen LogP contribution in [0.1, 0.15) is 52.0 Å². The Kier molecular flexibility index (Phi) is 7.40. The van der Waals surface area contributed by atoms with Gasteiger partial charge in [0.25, 0.3) is 11.4 Å². The highest BCUT2D eigenvalue weighted by molar-refractivity contribution is 5.83. The van der Waals surface area contributed by atoms with Gasteiger partial charge in [0.05, 0.1) is 12.2 Å². The molecule has 11 nitrogen and oxygen atoms in total. The molecule has 0 radical (unpaired) electrons. The van der Waals surface area contributed by atoms with Crippen molar-refractivity contribution in [2.45, 2.75) is 52.9 Å². The monoisotopic (exact) mass is 566 g/mol. The molecule has 0 saturated heterocycles. The number of imidazole rings is 1. The maximum absolute atomic E-state index is 13.3. The number of carbonyl (C=O) groups is 1. The zero-order valence-corrected chi connectivity index (χ0v) is 23.9. The summed E-state index contributed by atoms with van der Waals surface area (Å²) in [5.41, 5.74) is 4.56. The van der Waals surface area contributed by atoms with Gasteiger partial charge in [0.1, 0.15) is 5.52 Å². The number of aromatic amines is 3. The van der Waals surface area contributed by atoms with Crippen LogP contribution in [0.15, 0.2) is 59.7 Å². The summed E-state index contributed by atoms with van der Waals surface area (Å²) in [4.78, 5) is 32.1. The molecule has 42 heavy (non-hydrogen) atoms. The fourth-order valence-electron chi connectivity index (χ4n) is 6.27. The predicted molar refractivity (Wildman–Crippen MR) is 157 cm³/mol. The number of ether oxygens (including phenoxy) is 1. The van der Waals surface area contributed by atoms with Gasteiger partial charge in [-0.1, -0.05) is 69.3 Å². The second-order valence-corrected chi connectivity index (χ2v) is 12.4. The summed E-state index contributed by atoms with van der Waals surface area (Å²) in [5.74, 6) is 0.904. The van der Waals surface area contributed by atoms with Crippen LogP contribution in [0.4, 0.5) is 0 Å². The molecule has 5 aromatic rings. The van der Waals surface area contributed by atoms with Crippen LogP contribution in [0.2, 0.25) is 0 Å². The van der Waals surface area contributed by atoms with Crippen LogP contribution >= 0.6 is 0 Å². The van der Waals surface area contributed by atoms with Gasteiger partial charge in [-0.25, -0.2) is 10.1 Å². The molecule has 0 bridgehead atoms. The SMILES string of the molecule is CC(C)(C)CC1CC(C(=O)Oc2n[nH]c(=O)c3nc[nH]c23)CCC1Cc1ccc(-c2ccccc2-c2nn[nH]n2)cc1. The standard InChI is InChI=1S/C31H34N8O3/c1-31(2,3)16-22-15-21(30(41)42-29-26-25(32-17-33-26)28(40)36-37-29)13-12-20(22)14-18-8-10-19(11-9-18)23-6-4-5-7-24(23)27-34-38-39-35-27/h4-11,17,20-22H,12-16H2,1-3H3,(H,32,33)(H,36,40)(H,34,35,38,39). The van der Waals surface area contributed by atoms with E-state index in [0.717, 1.165) is 48.8 Å². The molecule has 1 aliphatic rings. The van der Waals surface area contributed by atoms with Gasteiger partial charge in [0.2, 0.25) is 5.82 Å². The third kappa shape index (κ3) is 5.86. The molecule has 3 aromatic heterocycles. The third-order valence-corrected chi connectivity index (χ3v) is 8.15. The Morgan fingerprint density at radius 2 is 1.79 bits per heavy atom. The van der Waals surface area contributed by atoms with Gasteiger partial charge in [-0.2, -0.15) is 5.21 Å². The lowest BCUT2D eigenvalue weighted by Crippen LogP contribution is -2.34. The number of nitrogens with zero attached hydrogens (tertiary/aromatic N) is 5. The van der Waals surface area contributed by atoms with E-state index in [-0.39, 0.29) is 28.7 Å². The number of H-pyrrole nitrogens is 3. The number of aromatic nitrogens is 8. The van der Waals surface area contributed by atoms with Crippen molar-refractivity contribution < 1.29 is 9.53 Å². The fraction of sp³-hybridized carbons (Fsp3) is 0.387. The van der Waals surface area contributed by atoms with Crippen molar-refractivity contribution in [3.63, 3.8) is 0 Å². The van der Waals surface area contributed by atoms with Crippen molar-refractivity contribution in [3.05, 3.63) is 70.8 Å². The molecule has 1 fully saturated rings. The van der Waals surface area contributed by atoms with E-state index >= 15 is 0 Å². The van der Waals surface area contributed by atoms with Crippen molar-refractivity contribution in [1.82, 2.24) is 40.8 Å². The van der Waals surface area contributed by atoms with Gasteiger partial charge in [0, 0.05) is 5.56 Å². The quantitative estimate of drug-likeness (QED) is 0.230. The molecule has 3 unspecified atom stereocenters. The highest BCUT2D eigenvalue weighted by Gasteiger charge is 2.37. The van der Waals surface area contributed by atoms with Crippen LogP contribution in [-0.4, -0.2) is 46.8 Å². The Labute approximate surface area is 242 Å². The summed E-state index contributed by atoms with van der Waals surface area (Å²) < 4.78 is 5.70. The Bertz CT molecular complexity index is 1730. The third-order valence-electron chi connectivity index (χ3n) is 8.15. The van der Waals surface area contributed by atoms with Crippen LogP contribution in [0.3, 0.4) is 0 Å². The summed E-state index contributed by atoms with van der Waals surface area (Å²) >= 11 is 0. The minimum absolute atomic E-state index is 0.0580. The van der Waals surface area contributed by atoms with Crippen molar-refractivity contribution in [2.24, 2.45) is 23.2 Å². The topological polar surface area (TPSA) is 155 Å². The van der Waals surface area contributed by atoms with Gasteiger partial charge in [0.15, 0.2) is 5.52 Å². The lowest BCUT2D eigenvalue weighted by Gasteiger charge is -2.38. The molecular weight excluding hydrogens is 532 g/mol. The lowest BCUT2D eigenvalue weighted by molar-refractivity contribution is -0.141. The number of carbonyl (C=O) groups excluding carboxylic acids is 1. The van der Waals surface area contributed by atoms with Crippen molar-refractivity contribution >= 4 is 17.0 Å². The summed E-state index contributed by atoms with van der Waals surface area (Å²) in [6, 6.07) is 16.8. The van der Waals surface area contributed by atoms with Crippen molar-refractivity contribution in [3.8, 4) is 28.4 Å². The van der Waals surface area contributed by atoms with Crippen LogP contribution in [0.5, 0.6) is 5.88 Å². The molecule has 216 valence electrons.